The van der Waals surface area contributed by atoms with Crippen molar-refractivity contribution in [2.75, 3.05) is 13.6 Å². The predicted octanol–water partition coefficient (Wildman–Crippen LogP) is 4.35. The predicted molar refractivity (Wildman–Crippen MR) is 123 cm³/mol. The molecule has 0 amide bonds. The first-order chi connectivity index (χ1) is 12.5. The molecule has 0 atom stereocenters. The van der Waals surface area contributed by atoms with Crippen LogP contribution < -0.4 is 10.6 Å². The topological polar surface area (TPSA) is 62.5 Å². The Hall–Kier alpha value is -1.57. The first-order valence-corrected chi connectivity index (χ1v) is 9.43. The highest BCUT2D eigenvalue weighted by Gasteiger charge is 2.19. The van der Waals surface area contributed by atoms with Gasteiger partial charge >= 0.3 is 0 Å². The average Bonchev–Trinajstić information content (AvgIpc) is 3.04. The second-order valence-electron chi connectivity index (χ2n) is 7.34. The molecule has 1 heterocycles. The summed E-state index contributed by atoms with van der Waals surface area (Å²) < 4.78 is 5.43. The standard InChI is InChI=1S/C21H32N4O.HI/c1-6-18-17(19(7-2)26-25-18)14-23-20(22-5)24-15-21(3,4)13-16-11-9-8-10-12-16;/h8-12H,6-7,13-15H2,1-5H3,(H2,22,23,24);1H. The Balaban J connectivity index is 0.00000364. The lowest BCUT2D eigenvalue weighted by molar-refractivity contribution is 0.359. The first-order valence-electron chi connectivity index (χ1n) is 9.43. The zero-order chi connectivity index (χ0) is 19.0. The van der Waals surface area contributed by atoms with Gasteiger partial charge in [-0.1, -0.05) is 63.2 Å². The third-order valence-corrected chi connectivity index (χ3v) is 4.52. The van der Waals surface area contributed by atoms with E-state index in [1.54, 1.807) is 7.05 Å². The Bertz CT molecular complexity index is 689. The van der Waals surface area contributed by atoms with E-state index in [0.717, 1.165) is 48.8 Å². The molecule has 27 heavy (non-hydrogen) atoms. The molecule has 2 aromatic rings. The van der Waals surface area contributed by atoms with Gasteiger partial charge in [0.25, 0.3) is 0 Å². The minimum Gasteiger partial charge on any atom is -0.361 e. The minimum absolute atomic E-state index is 0. The lowest BCUT2D eigenvalue weighted by Crippen LogP contribution is -2.42. The van der Waals surface area contributed by atoms with Gasteiger partial charge in [0, 0.05) is 32.1 Å². The van der Waals surface area contributed by atoms with Crippen LogP contribution >= 0.6 is 24.0 Å². The van der Waals surface area contributed by atoms with Crippen molar-refractivity contribution in [2.45, 2.75) is 53.5 Å². The molecule has 5 nitrogen and oxygen atoms in total. The Kier molecular flexibility index (Phi) is 9.83. The normalized spacial score (nSPS) is 11.8. The molecule has 0 saturated heterocycles. The van der Waals surface area contributed by atoms with E-state index in [4.69, 9.17) is 4.52 Å². The Labute approximate surface area is 180 Å². The molecule has 0 unspecified atom stereocenters. The van der Waals surface area contributed by atoms with E-state index in [2.05, 4.69) is 78.8 Å². The smallest absolute Gasteiger partial charge is 0.191 e. The number of guanidine groups is 1. The van der Waals surface area contributed by atoms with Crippen molar-refractivity contribution in [3.63, 3.8) is 0 Å². The fraction of sp³-hybridized carbons (Fsp3) is 0.524. The molecule has 0 aliphatic heterocycles. The lowest BCUT2D eigenvalue weighted by atomic mass is 9.86. The fourth-order valence-corrected chi connectivity index (χ4v) is 3.06. The Morgan fingerprint density at radius 2 is 1.81 bits per heavy atom. The molecule has 0 aliphatic carbocycles. The van der Waals surface area contributed by atoms with Gasteiger partial charge in [-0.25, -0.2) is 0 Å². The summed E-state index contributed by atoms with van der Waals surface area (Å²) in [6.45, 7) is 10.2. The second-order valence-corrected chi connectivity index (χ2v) is 7.34. The van der Waals surface area contributed by atoms with E-state index >= 15 is 0 Å². The maximum absolute atomic E-state index is 5.43. The fourth-order valence-electron chi connectivity index (χ4n) is 3.06. The molecule has 2 rings (SSSR count). The quantitative estimate of drug-likeness (QED) is 0.332. The minimum atomic E-state index is 0. The van der Waals surface area contributed by atoms with E-state index in [1.165, 1.54) is 5.56 Å². The number of aromatic nitrogens is 1. The van der Waals surface area contributed by atoms with E-state index in [0.29, 0.717) is 6.54 Å². The third kappa shape index (κ3) is 7.16. The van der Waals surface area contributed by atoms with Gasteiger partial charge in [-0.3, -0.25) is 4.99 Å². The van der Waals surface area contributed by atoms with Crippen molar-refractivity contribution in [2.24, 2.45) is 10.4 Å². The van der Waals surface area contributed by atoms with Gasteiger partial charge in [0.15, 0.2) is 5.96 Å². The number of benzene rings is 1. The molecule has 0 saturated carbocycles. The van der Waals surface area contributed by atoms with Gasteiger partial charge in [-0.15, -0.1) is 24.0 Å². The van der Waals surface area contributed by atoms with Gasteiger partial charge in [0.1, 0.15) is 5.76 Å². The monoisotopic (exact) mass is 484 g/mol. The van der Waals surface area contributed by atoms with E-state index < -0.39 is 0 Å². The molecule has 1 aromatic carbocycles. The number of rotatable bonds is 8. The van der Waals surface area contributed by atoms with Gasteiger partial charge in [0.2, 0.25) is 0 Å². The molecule has 150 valence electrons. The zero-order valence-corrected chi connectivity index (χ0v) is 19.5. The van der Waals surface area contributed by atoms with Crippen LogP contribution in [0.2, 0.25) is 0 Å². The number of hydrogen-bond acceptors (Lipinski definition) is 3. The van der Waals surface area contributed by atoms with Gasteiger partial charge in [0.05, 0.1) is 5.69 Å². The molecule has 6 heteroatoms. The number of nitrogens with zero attached hydrogens (tertiary/aromatic N) is 2. The van der Waals surface area contributed by atoms with Crippen molar-refractivity contribution in [1.29, 1.82) is 0 Å². The molecular weight excluding hydrogens is 451 g/mol. The summed E-state index contributed by atoms with van der Waals surface area (Å²) in [4.78, 5) is 4.35. The lowest BCUT2D eigenvalue weighted by Gasteiger charge is -2.26. The summed E-state index contributed by atoms with van der Waals surface area (Å²) in [5, 5.41) is 11.0. The van der Waals surface area contributed by atoms with Crippen LogP contribution in [0.5, 0.6) is 0 Å². The molecule has 0 aliphatic rings. The summed E-state index contributed by atoms with van der Waals surface area (Å²) in [5.74, 6) is 1.76. The molecule has 0 bridgehead atoms. The summed E-state index contributed by atoms with van der Waals surface area (Å²) in [7, 11) is 1.80. The number of nitrogens with one attached hydrogen (secondary N) is 2. The van der Waals surface area contributed by atoms with E-state index in [1.807, 2.05) is 0 Å². The van der Waals surface area contributed by atoms with Crippen molar-refractivity contribution >= 4 is 29.9 Å². The molecular formula is C21H33IN4O. The highest BCUT2D eigenvalue weighted by Crippen LogP contribution is 2.20. The first kappa shape index (κ1) is 23.5. The highest BCUT2D eigenvalue weighted by molar-refractivity contribution is 14.0. The van der Waals surface area contributed by atoms with Crippen LogP contribution in [-0.2, 0) is 25.8 Å². The van der Waals surface area contributed by atoms with Crippen LogP contribution in [0, 0.1) is 5.41 Å². The molecule has 0 radical (unpaired) electrons. The average molecular weight is 484 g/mol. The summed E-state index contributed by atoms with van der Waals surface area (Å²) >= 11 is 0. The summed E-state index contributed by atoms with van der Waals surface area (Å²) in [6, 6.07) is 10.6. The van der Waals surface area contributed by atoms with Crippen LogP contribution in [-0.4, -0.2) is 24.7 Å². The summed E-state index contributed by atoms with van der Waals surface area (Å²) in [6.07, 6.45) is 2.74. The van der Waals surface area contributed by atoms with Crippen LogP contribution in [0.1, 0.15) is 50.3 Å². The molecule has 0 fully saturated rings. The van der Waals surface area contributed by atoms with Crippen LogP contribution in [0.3, 0.4) is 0 Å². The van der Waals surface area contributed by atoms with Crippen molar-refractivity contribution in [1.82, 2.24) is 15.8 Å². The number of hydrogen-bond donors (Lipinski definition) is 2. The van der Waals surface area contributed by atoms with E-state index in [-0.39, 0.29) is 29.4 Å². The maximum atomic E-state index is 5.43. The van der Waals surface area contributed by atoms with Crippen LogP contribution in [0.4, 0.5) is 0 Å². The van der Waals surface area contributed by atoms with Crippen LogP contribution in [0.15, 0.2) is 39.8 Å². The zero-order valence-electron chi connectivity index (χ0n) is 17.1. The van der Waals surface area contributed by atoms with Gasteiger partial charge in [-0.2, -0.15) is 0 Å². The second kappa shape index (κ2) is 11.3. The molecule has 1 aromatic heterocycles. The van der Waals surface area contributed by atoms with Crippen LogP contribution in [0.25, 0.3) is 0 Å². The maximum Gasteiger partial charge on any atom is 0.191 e. The molecule has 2 N–H and O–H groups in total. The summed E-state index contributed by atoms with van der Waals surface area (Å²) in [5.41, 5.74) is 3.65. The van der Waals surface area contributed by atoms with Gasteiger partial charge < -0.3 is 15.2 Å². The SMILES string of the molecule is CCc1noc(CC)c1CNC(=NC)NCC(C)(C)Cc1ccccc1.I. The third-order valence-electron chi connectivity index (χ3n) is 4.52. The molecule has 0 spiro atoms. The highest BCUT2D eigenvalue weighted by atomic mass is 127. The number of aryl methyl sites for hydroxylation is 2. The number of aliphatic imine (C=N–C) groups is 1. The van der Waals surface area contributed by atoms with Crippen molar-refractivity contribution in [3.8, 4) is 0 Å². The number of halogens is 1. The van der Waals surface area contributed by atoms with Gasteiger partial charge in [-0.05, 0) is 23.8 Å². The van der Waals surface area contributed by atoms with Crippen molar-refractivity contribution in [3.05, 3.63) is 52.9 Å². The Morgan fingerprint density at radius 3 is 2.41 bits per heavy atom. The van der Waals surface area contributed by atoms with Crippen molar-refractivity contribution < 1.29 is 4.52 Å². The van der Waals surface area contributed by atoms with E-state index in [9.17, 15) is 0 Å². The largest absolute Gasteiger partial charge is 0.361 e. The Morgan fingerprint density at radius 1 is 1.11 bits per heavy atom.